The van der Waals surface area contributed by atoms with E-state index in [9.17, 15) is 9.18 Å². The summed E-state index contributed by atoms with van der Waals surface area (Å²) in [5.74, 6) is 1.45. The van der Waals surface area contributed by atoms with Crippen LogP contribution in [-0.4, -0.2) is 26.9 Å². The molecule has 5 rings (SSSR count). The number of fused-ring (bicyclic) bond motifs is 1. The number of hydrogen-bond donors (Lipinski definition) is 1. The standard InChI is InChI=1S/C29H29FN4O/c1-20-9-15-24(16-10-20)31-27-26(21-11-13-23(30)14-12-21)32-25-19-33(17-18-34(25)27)28(35)29(2,3)22-7-5-4-6-8-22/h4-16,31H,17-19H2,1-3H3. The van der Waals surface area contributed by atoms with E-state index in [2.05, 4.69) is 28.9 Å². The second-order valence-electron chi connectivity index (χ2n) is 9.59. The van der Waals surface area contributed by atoms with Crippen LogP contribution in [0.3, 0.4) is 0 Å². The fraction of sp³-hybridized carbons (Fsp3) is 0.241. The molecule has 2 heterocycles. The summed E-state index contributed by atoms with van der Waals surface area (Å²) in [4.78, 5) is 20.4. The third-order valence-corrected chi connectivity index (χ3v) is 6.72. The summed E-state index contributed by atoms with van der Waals surface area (Å²) in [6, 6.07) is 24.4. The van der Waals surface area contributed by atoms with E-state index < -0.39 is 5.41 Å². The topological polar surface area (TPSA) is 50.2 Å². The molecule has 1 N–H and O–H groups in total. The zero-order valence-corrected chi connectivity index (χ0v) is 20.3. The fourth-order valence-electron chi connectivity index (χ4n) is 4.59. The first-order valence-electron chi connectivity index (χ1n) is 11.9. The van der Waals surface area contributed by atoms with Crippen molar-refractivity contribution in [2.75, 3.05) is 11.9 Å². The first-order chi connectivity index (χ1) is 16.8. The largest absolute Gasteiger partial charge is 0.340 e. The quantitative estimate of drug-likeness (QED) is 0.387. The number of benzene rings is 3. The molecule has 0 aliphatic carbocycles. The molecule has 35 heavy (non-hydrogen) atoms. The molecule has 178 valence electrons. The highest BCUT2D eigenvalue weighted by Gasteiger charge is 2.36. The van der Waals surface area contributed by atoms with Crippen molar-refractivity contribution in [2.45, 2.75) is 39.3 Å². The van der Waals surface area contributed by atoms with Crippen LogP contribution < -0.4 is 5.32 Å². The minimum atomic E-state index is -0.640. The Labute approximate surface area is 205 Å². The number of rotatable bonds is 5. The number of imidazole rings is 1. The van der Waals surface area contributed by atoms with Gasteiger partial charge in [-0.1, -0.05) is 48.0 Å². The third kappa shape index (κ3) is 4.44. The van der Waals surface area contributed by atoms with Crippen LogP contribution in [0.5, 0.6) is 0 Å². The lowest BCUT2D eigenvalue weighted by molar-refractivity contribution is -0.137. The van der Waals surface area contributed by atoms with E-state index >= 15 is 0 Å². The van der Waals surface area contributed by atoms with Crippen molar-refractivity contribution in [3.8, 4) is 11.3 Å². The molecule has 0 saturated heterocycles. The zero-order chi connectivity index (χ0) is 24.6. The van der Waals surface area contributed by atoms with Gasteiger partial charge in [-0.05, 0) is 62.7 Å². The molecule has 0 unspecified atom stereocenters. The number of carbonyl (C=O) groups is 1. The molecule has 5 nitrogen and oxygen atoms in total. The Hall–Kier alpha value is -3.93. The van der Waals surface area contributed by atoms with Crippen molar-refractivity contribution in [3.05, 3.63) is 102 Å². The number of amides is 1. The van der Waals surface area contributed by atoms with Crippen LogP contribution in [0.1, 0.15) is 30.8 Å². The molecule has 0 spiro atoms. The zero-order valence-electron chi connectivity index (χ0n) is 20.3. The predicted molar refractivity (Wildman–Crippen MR) is 137 cm³/mol. The highest BCUT2D eigenvalue weighted by Crippen LogP contribution is 2.35. The van der Waals surface area contributed by atoms with Gasteiger partial charge in [-0.15, -0.1) is 0 Å². The molecule has 1 aliphatic heterocycles. The molecule has 0 bridgehead atoms. The Morgan fingerprint density at radius 3 is 2.31 bits per heavy atom. The van der Waals surface area contributed by atoms with Crippen LogP contribution >= 0.6 is 0 Å². The van der Waals surface area contributed by atoms with Gasteiger partial charge in [-0.3, -0.25) is 4.79 Å². The number of anilines is 2. The maximum atomic E-state index is 13.6. The highest BCUT2D eigenvalue weighted by atomic mass is 19.1. The molecular weight excluding hydrogens is 439 g/mol. The average Bonchev–Trinajstić information content (AvgIpc) is 3.23. The summed E-state index contributed by atoms with van der Waals surface area (Å²) >= 11 is 0. The molecule has 1 aliphatic rings. The van der Waals surface area contributed by atoms with Crippen molar-refractivity contribution in [1.29, 1.82) is 0 Å². The Bertz CT molecular complexity index is 1340. The lowest BCUT2D eigenvalue weighted by Crippen LogP contribution is -2.46. The van der Waals surface area contributed by atoms with Gasteiger partial charge in [0, 0.05) is 24.3 Å². The number of aromatic nitrogens is 2. The van der Waals surface area contributed by atoms with Crippen molar-refractivity contribution in [1.82, 2.24) is 14.5 Å². The van der Waals surface area contributed by atoms with E-state index in [1.54, 1.807) is 12.1 Å². The SMILES string of the molecule is Cc1ccc(Nc2c(-c3ccc(F)cc3)nc3n2CCN(C(=O)C(C)(C)c2ccccc2)C3)cc1. The van der Waals surface area contributed by atoms with E-state index in [1.165, 1.54) is 17.7 Å². The summed E-state index contributed by atoms with van der Waals surface area (Å²) in [7, 11) is 0. The second kappa shape index (κ2) is 9.02. The lowest BCUT2D eigenvalue weighted by Gasteiger charge is -2.35. The number of nitrogens with one attached hydrogen (secondary N) is 1. The first kappa shape index (κ1) is 22.8. The Morgan fingerprint density at radius 2 is 1.63 bits per heavy atom. The maximum Gasteiger partial charge on any atom is 0.233 e. The molecule has 0 fully saturated rings. The van der Waals surface area contributed by atoms with Crippen LogP contribution in [0.15, 0.2) is 78.9 Å². The molecule has 4 aromatic rings. The van der Waals surface area contributed by atoms with Crippen molar-refractivity contribution in [3.63, 3.8) is 0 Å². The van der Waals surface area contributed by atoms with Crippen LogP contribution in [0.2, 0.25) is 0 Å². The van der Waals surface area contributed by atoms with Crippen LogP contribution in [0, 0.1) is 12.7 Å². The summed E-state index contributed by atoms with van der Waals surface area (Å²) in [6.07, 6.45) is 0. The van der Waals surface area contributed by atoms with Gasteiger partial charge in [0.2, 0.25) is 5.91 Å². The maximum absolute atomic E-state index is 13.6. The normalized spacial score (nSPS) is 13.4. The Morgan fingerprint density at radius 1 is 0.943 bits per heavy atom. The van der Waals surface area contributed by atoms with Gasteiger partial charge in [0.25, 0.3) is 0 Å². The predicted octanol–water partition coefficient (Wildman–Crippen LogP) is 6.06. The van der Waals surface area contributed by atoms with E-state index in [4.69, 9.17) is 4.98 Å². The van der Waals surface area contributed by atoms with E-state index in [-0.39, 0.29) is 11.7 Å². The van der Waals surface area contributed by atoms with Gasteiger partial charge in [-0.2, -0.15) is 0 Å². The molecule has 0 radical (unpaired) electrons. The smallest absolute Gasteiger partial charge is 0.233 e. The van der Waals surface area contributed by atoms with E-state index in [0.717, 1.165) is 34.2 Å². The van der Waals surface area contributed by atoms with Crippen molar-refractivity contribution < 1.29 is 9.18 Å². The Balaban J connectivity index is 1.49. The van der Waals surface area contributed by atoms with Gasteiger partial charge in [0.15, 0.2) is 0 Å². The summed E-state index contributed by atoms with van der Waals surface area (Å²) in [5.41, 5.74) is 4.05. The van der Waals surface area contributed by atoms with Gasteiger partial charge in [0.05, 0.1) is 12.0 Å². The summed E-state index contributed by atoms with van der Waals surface area (Å²) in [5, 5.41) is 3.52. The number of hydrogen-bond acceptors (Lipinski definition) is 3. The number of carbonyl (C=O) groups excluding carboxylic acids is 1. The van der Waals surface area contributed by atoms with E-state index in [1.807, 2.05) is 61.2 Å². The van der Waals surface area contributed by atoms with Crippen LogP contribution in [0.4, 0.5) is 15.9 Å². The molecule has 0 atom stereocenters. The average molecular weight is 469 g/mol. The third-order valence-electron chi connectivity index (χ3n) is 6.72. The molecule has 0 saturated carbocycles. The second-order valence-corrected chi connectivity index (χ2v) is 9.59. The van der Waals surface area contributed by atoms with Gasteiger partial charge in [0.1, 0.15) is 23.2 Å². The Kier molecular flexibility index (Phi) is 5.89. The van der Waals surface area contributed by atoms with Gasteiger partial charge < -0.3 is 14.8 Å². The molecular formula is C29H29FN4O. The van der Waals surface area contributed by atoms with Crippen LogP contribution in [-0.2, 0) is 23.3 Å². The summed E-state index contributed by atoms with van der Waals surface area (Å²) < 4.78 is 15.8. The molecule has 1 amide bonds. The fourth-order valence-corrected chi connectivity index (χ4v) is 4.59. The number of halogens is 1. The monoisotopic (exact) mass is 468 g/mol. The summed E-state index contributed by atoms with van der Waals surface area (Å²) in [6.45, 7) is 7.62. The van der Waals surface area contributed by atoms with Crippen LogP contribution in [0.25, 0.3) is 11.3 Å². The minimum Gasteiger partial charge on any atom is -0.340 e. The lowest BCUT2D eigenvalue weighted by atomic mass is 9.83. The number of aryl methyl sites for hydroxylation is 1. The van der Waals surface area contributed by atoms with Gasteiger partial charge >= 0.3 is 0 Å². The van der Waals surface area contributed by atoms with Crippen molar-refractivity contribution >= 4 is 17.4 Å². The van der Waals surface area contributed by atoms with E-state index in [0.29, 0.717) is 19.6 Å². The molecule has 6 heteroatoms. The molecule has 1 aromatic heterocycles. The molecule has 3 aromatic carbocycles. The van der Waals surface area contributed by atoms with Gasteiger partial charge in [-0.25, -0.2) is 9.37 Å². The number of nitrogens with zero attached hydrogens (tertiary/aromatic N) is 3. The first-order valence-corrected chi connectivity index (χ1v) is 11.9. The highest BCUT2D eigenvalue weighted by molar-refractivity contribution is 5.87. The van der Waals surface area contributed by atoms with Crippen molar-refractivity contribution in [2.24, 2.45) is 0 Å². The minimum absolute atomic E-state index is 0.0781.